The summed E-state index contributed by atoms with van der Waals surface area (Å²) in [5, 5.41) is 15.3. The van der Waals surface area contributed by atoms with Gasteiger partial charge in [0.15, 0.2) is 11.6 Å². The van der Waals surface area contributed by atoms with Crippen LogP contribution in [-0.2, 0) is 19.2 Å². The van der Waals surface area contributed by atoms with Crippen molar-refractivity contribution < 1.29 is 31.7 Å². The summed E-state index contributed by atoms with van der Waals surface area (Å²) in [6.45, 7) is 0. The summed E-state index contributed by atoms with van der Waals surface area (Å²) >= 11 is 5.85. The fourth-order valence-corrected chi connectivity index (χ4v) is 2.66. The predicted molar refractivity (Wildman–Crippen MR) is 87.5 cm³/mol. The number of allylic oxidation sites excluding steroid dienone is 1. The minimum absolute atomic E-state index is 0.0138. The van der Waals surface area contributed by atoms with Crippen LogP contribution in [0.25, 0.3) is 0 Å². The molecule has 0 spiro atoms. The van der Waals surface area contributed by atoms with Gasteiger partial charge in [0.2, 0.25) is 0 Å². The average Bonchev–Trinajstić information content (AvgIpc) is 2.52. The first-order chi connectivity index (χ1) is 11.6. The molecule has 1 aliphatic heterocycles. The van der Waals surface area contributed by atoms with Gasteiger partial charge in [-0.25, -0.2) is 9.18 Å². The first kappa shape index (κ1) is 19.0. The first-order valence-electron chi connectivity index (χ1n) is 6.81. The van der Waals surface area contributed by atoms with Gasteiger partial charge in [-0.15, -0.1) is 0 Å². The van der Waals surface area contributed by atoms with Gasteiger partial charge in [0.05, 0.1) is 30.1 Å². The Bertz CT molecular complexity index is 868. The lowest BCUT2D eigenvalue weighted by molar-refractivity contribution is -0.133. The largest absolute Gasteiger partial charge is 0.492 e. The predicted octanol–water partition coefficient (Wildman–Crippen LogP) is 1.82. The molecule has 0 saturated carbocycles. The number of hydrogen-bond donors (Lipinski definition) is 2. The van der Waals surface area contributed by atoms with Crippen LogP contribution >= 0.6 is 11.6 Å². The van der Waals surface area contributed by atoms with Crippen molar-refractivity contribution in [2.24, 2.45) is 5.16 Å². The molecule has 1 aromatic carbocycles. The molecular weight excluding hydrogens is 379 g/mol. The van der Waals surface area contributed by atoms with Crippen molar-refractivity contribution in [2.75, 3.05) is 13.4 Å². The second-order valence-corrected chi connectivity index (χ2v) is 7.07. The number of nitrogens with one attached hydrogen (secondary N) is 1. The quantitative estimate of drug-likeness (QED) is 0.734. The number of carbonyl (C=O) groups is 1. The third-order valence-electron chi connectivity index (χ3n) is 3.23. The van der Waals surface area contributed by atoms with Crippen LogP contribution in [0.3, 0.4) is 0 Å². The van der Waals surface area contributed by atoms with E-state index in [9.17, 15) is 22.7 Å². The maximum Gasteiger partial charge on any atom is 0.352 e. The smallest absolute Gasteiger partial charge is 0.352 e. The SMILES string of the molecule is COc1c(Cl)ccc(C2CC(=NOS(C)(=O)=O)C=C(C(=O)O)N2)c1F. The van der Waals surface area contributed by atoms with Crippen molar-refractivity contribution in [1.82, 2.24) is 5.32 Å². The summed E-state index contributed by atoms with van der Waals surface area (Å²) in [5.41, 5.74) is -0.194. The zero-order chi connectivity index (χ0) is 18.8. The Kier molecular flexibility index (Phi) is 5.53. The number of ether oxygens (including phenoxy) is 1. The van der Waals surface area contributed by atoms with E-state index in [2.05, 4.69) is 14.8 Å². The van der Waals surface area contributed by atoms with E-state index >= 15 is 0 Å². The number of rotatable bonds is 5. The van der Waals surface area contributed by atoms with Gasteiger partial charge in [-0.1, -0.05) is 22.8 Å². The molecule has 11 heteroatoms. The minimum Gasteiger partial charge on any atom is -0.492 e. The molecule has 0 amide bonds. The van der Waals surface area contributed by atoms with Gasteiger partial charge in [-0.3, -0.25) is 4.28 Å². The summed E-state index contributed by atoms with van der Waals surface area (Å²) in [7, 11) is -2.62. The molecule has 0 bridgehead atoms. The van der Waals surface area contributed by atoms with Crippen molar-refractivity contribution in [3.63, 3.8) is 0 Å². The lowest BCUT2D eigenvalue weighted by Crippen LogP contribution is -2.32. The maximum atomic E-state index is 14.6. The number of nitrogens with zero attached hydrogens (tertiary/aromatic N) is 1. The number of carboxylic acid groups (broad SMARTS) is 1. The molecule has 0 aliphatic carbocycles. The molecule has 0 fully saturated rings. The maximum absolute atomic E-state index is 14.6. The highest BCUT2D eigenvalue weighted by Crippen LogP contribution is 2.34. The summed E-state index contributed by atoms with van der Waals surface area (Å²) < 4.78 is 45.9. The summed E-state index contributed by atoms with van der Waals surface area (Å²) in [6, 6.07) is 1.94. The lowest BCUT2D eigenvalue weighted by atomic mass is 9.96. The third-order valence-corrected chi connectivity index (χ3v) is 3.88. The summed E-state index contributed by atoms with van der Waals surface area (Å²) in [5.74, 6) is -2.26. The molecule has 1 heterocycles. The van der Waals surface area contributed by atoms with Crippen molar-refractivity contribution in [2.45, 2.75) is 12.5 Å². The summed E-state index contributed by atoms with van der Waals surface area (Å²) in [6.07, 6.45) is 1.88. The monoisotopic (exact) mass is 392 g/mol. The molecule has 1 aromatic rings. The minimum atomic E-state index is -3.86. The molecule has 0 radical (unpaired) electrons. The van der Waals surface area contributed by atoms with Gasteiger partial charge in [0.1, 0.15) is 5.70 Å². The molecule has 0 aromatic heterocycles. The Morgan fingerprint density at radius 2 is 2.16 bits per heavy atom. The van der Waals surface area contributed by atoms with Gasteiger partial charge < -0.3 is 15.2 Å². The van der Waals surface area contributed by atoms with Crippen molar-refractivity contribution in [1.29, 1.82) is 0 Å². The first-order valence-corrected chi connectivity index (χ1v) is 9.00. The molecule has 0 saturated heterocycles. The molecule has 1 aliphatic rings. The molecule has 1 unspecified atom stereocenters. The molecule has 25 heavy (non-hydrogen) atoms. The van der Waals surface area contributed by atoms with Crippen molar-refractivity contribution >= 4 is 33.4 Å². The van der Waals surface area contributed by atoms with Crippen LogP contribution in [0, 0.1) is 5.82 Å². The van der Waals surface area contributed by atoms with Gasteiger partial charge in [0.25, 0.3) is 0 Å². The van der Waals surface area contributed by atoms with Crippen LogP contribution in [0.4, 0.5) is 4.39 Å². The Morgan fingerprint density at radius 3 is 2.72 bits per heavy atom. The van der Waals surface area contributed by atoms with E-state index in [1.54, 1.807) is 0 Å². The average molecular weight is 393 g/mol. The third kappa shape index (κ3) is 4.60. The Labute approximate surface area is 148 Å². The highest BCUT2D eigenvalue weighted by molar-refractivity contribution is 7.85. The van der Waals surface area contributed by atoms with Crippen molar-refractivity contribution in [3.05, 3.63) is 40.3 Å². The number of halogens is 2. The molecule has 8 nitrogen and oxygen atoms in total. The van der Waals surface area contributed by atoms with E-state index in [-0.39, 0.29) is 34.2 Å². The number of oxime groups is 1. The van der Waals surface area contributed by atoms with Crippen molar-refractivity contribution in [3.8, 4) is 5.75 Å². The lowest BCUT2D eigenvalue weighted by Gasteiger charge is -2.25. The van der Waals surface area contributed by atoms with E-state index in [1.165, 1.54) is 19.2 Å². The van der Waals surface area contributed by atoms with E-state index in [0.717, 1.165) is 12.3 Å². The Morgan fingerprint density at radius 1 is 1.48 bits per heavy atom. The molecular formula is C14H14ClFN2O6S. The highest BCUT2D eigenvalue weighted by Gasteiger charge is 2.28. The van der Waals surface area contributed by atoms with Crippen LogP contribution in [-0.4, -0.2) is 38.6 Å². The number of hydrogen-bond acceptors (Lipinski definition) is 7. The van der Waals surface area contributed by atoms with Crippen LogP contribution in [0.5, 0.6) is 5.75 Å². The number of methoxy groups -OCH3 is 1. The van der Waals surface area contributed by atoms with E-state index < -0.39 is 27.9 Å². The second kappa shape index (κ2) is 7.28. The number of benzene rings is 1. The van der Waals surface area contributed by atoms with Crippen LogP contribution in [0.1, 0.15) is 18.0 Å². The van der Waals surface area contributed by atoms with Crippen LogP contribution in [0.2, 0.25) is 5.02 Å². The Balaban J connectivity index is 2.43. The zero-order valence-corrected chi connectivity index (χ0v) is 14.7. The Hall–Kier alpha value is -2.33. The van der Waals surface area contributed by atoms with E-state index in [0.29, 0.717) is 0 Å². The van der Waals surface area contributed by atoms with Gasteiger partial charge >= 0.3 is 16.1 Å². The van der Waals surface area contributed by atoms with Gasteiger partial charge in [-0.2, -0.15) is 8.42 Å². The number of carboxylic acids is 1. The van der Waals surface area contributed by atoms with Crippen LogP contribution < -0.4 is 10.1 Å². The molecule has 1 atom stereocenters. The molecule has 2 rings (SSSR count). The van der Waals surface area contributed by atoms with Gasteiger partial charge in [-0.05, 0) is 12.1 Å². The highest BCUT2D eigenvalue weighted by atomic mass is 35.5. The zero-order valence-electron chi connectivity index (χ0n) is 13.1. The standard InChI is InChI=1S/C14H14ClFN2O6S/c1-23-13-9(15)4-3-8(12(13)16)10-5-7(18-24-25(2,21)22)6-11(17-10)14(19)20/h3-4,6,10,17H,5H2,1-2H3,(H,19,20). The fraction of sp³-hybridized carbons (Fsp3) is 0.286. The fourth-order valence-electron chi connectivity index (χ4n) is 2.21. The topological polar surface area (TPSA) is 114 Å². The van der Waals surface area contributed by atoms with E-state index in [4.69, 9.17) is 16.3 Å². The molecule has 2 N–H and O–H groups in total. The second-order valence-electron chi connectivity index (χ2n) is 5.11. The van der Waals surface area contributed by atoms with E-state index in [1.807, 2.05) is 0 Å². The summed E-state index contributed by atoms with van der Waals surface area (Å²) in [4.78, 5) is 11.3. The van der Waals surface area contributed by atoms with Crippen LogP contribution in [0.15, 0.2) is 29.1 Å². The normalized spacial score (nSPS) is 19.1. The number of aliphatic carboxylic acids is 1. The molecule has 136 valence electrons. The van der Waals surface area contributed by atoms with Gasteiger partial charge in [0, 0.05) is 12.0 Å².